The van der Waals surface area contributed by atoms with Gasteiger partial charge in [0.25, 0.3) is 0 Å². The summed E-state index contributed by atoms with van der Waals surface area (Å²) in [6.07, 6.45) is 0. The first-order valence-electron chi connectivity index (χ1n) is 7.17. The van der Waals surface area contributed by atoms with Crippen LogP contribution in [0, 0.1) is 0 Å². The van der Waals surface area contributed by atoms with Gasteiger partial charge in [0.15, 0.2) is 0 Å². The molecular formula is C15H25Cl2N3O3. The summed E-state index contributed by atoms with van der Waals surface area (Å²) in [7, 11) is 1.65. The molecule has 0 bridgehead atoms. The zero-order valence-corrected chi connectivity index (χ0v) is 14.8. The van der Waals surface area contributed by atoms with Crippen LogP contribution in [-0.2, 0) is 9.53 Å². The third-order valence-electron chi connectivity index (χ3n) is 3.66. The van der Waals surface area contributed by atoms with Crippen molar-refractivity contribution in [1.29, 1.82) is 0 Å². The molecule has 0 spiro atoms. The summed E-state index contributed by atoms with van der Waals surface area (Å²) < 4.78 is 10.6. The fourth-order valence-corrected chi connectivity index (χ4v) is 2.46. The quantitative estimate of drug-likeness (QED) is 0.785. The number of carbonyl (C=O) groups is 1. The van der Waals surface area contributed by atoms with Gasteiger partial charge in [0.2, 0.25) is 5.91 Å². The van der Waals surface area contributed by atoms with Crippen LogP contribution in [0.25, 0.3) is 0 Å². The summed E-state index contributed by atoms with van der Waals surface area (Å²) in [6, 6.07) is 8.07. The van der Waals surface area contributed by atoms with Crippen LogP contribution in [0.5, 0.6) is 5.75 Å². The maximum atomic E-state index is 11.4. The molecule has 6 nitrogen and oxygen atoms in total. The summed E-state index contributed by atoms with van der Waals surface area (Å²) in [6.45, 7) is 3.71. The first kappa shape index (κ1) is 21.9. The van der Waals surface area contributed by atoms with Gasteiger partial charge < -0.3 is 20.5 Å². The lowest BCUT2D eigenvalue weighted by Gasteiger charge is -2.35. The van der Waals surface area contributed by atoms with E-state index in [0.29, 0.717) is 6.54 Å². The van der Waals surface area contributed by atoms with Crippen LogP contribution in [0.4, 0.5) is 0 Å². The monoisotopic (exact) mass is 365 g/mol. The number of amides is 1. The Bertz CT molecular complexity index is 454. The van der Waals surface area contributed by atoms with E-state index in [9.17, 15) is 4.79 Å². The van der Waals surface area contributed by atoms with E-state index in [0.717, 1.165) is 37.6 Å². The Morgan fingerprint density at radius 3 is 2.43 bits per heavy atom. The number of rotatable bonds is 6. The van der Waals surface area contributed by atoms with E-state index in [1.807, 2.05) is 24.3 Å². The van der Waals surface area contributed by atoms with Crippen molar-refractivity contribution in [2.75, 3.05) is 46.5 Å². The van der Waals surface area contributed by atoms with Gasteiger partial charge in [-0.05, 0) is 17.7 Å². The van der Waals surface area contributed by atoms with Crippen molar-refractivity contribution in [1.82, 2.24) is 10.2 Å². The summed E-state index contributed by atoms with van der Waals surface area (Å²) in [5.74, 6) is 0.687. The average Bonchev–Trinajstić information content (AvgIpc) is 2.56. The molecule has 1 aliphatic rings. The number of methoxy groups -OCH3 is 1. The lowest BCUT2D eigenvalue weighted by Crippen LogP contribution is -2.44. The van der Waals surface area contributed by atoms with Crippen molar-refractivity contribution in [3.8, 4) is 5.75 Å². The third-order valence-corrected chi connectivity index (χ3v) is 3.66. The van der Waals surface area contributed by atoms with Crippen LogP contribution in [0.2, 0.25) is 0 Å². The second kappa shape index (κ2) is 11.5. The molecular weight excluding hydrogens is 341 g/mol. The van der Waals surface area contributed by atoms with Crippen LogP contribution in [0.3, 0.4) is 0 Å². The van der Waals surface area contributed by atoms with Gasteiger partial charge in [-0.1, -0.05) is 12.1 Å². The molecule has 23 heavy (non-hydrogen) atoms. The number of carbonyl (C=O) groups excluding carboxylic acids is 1. The van der Waals surface area contributed by atoms with Gasteiger partial charge in [0.1, 0.15) is 5.75 Å². The van der Waals surface area contributed by atoms with Gasteiger partial charge in [-0.25, -0.2) is 0 Å². The van der Waals surface area contributed by atoms with Gasteiger partial charge in [-0.2, -0.15) is 0 Å². The lowest BCUT2D eigenvalue weighted by atomic mass is 10.0. The molecule has 1 saturated heterocycles. The summed E-state index contributed by atoms with van der Waals surface area (Å²) >= 11 is 0. The van der Waals surface area contributed by atoms with E-state index in [4.69, 9.17) is 15.2 Å². The van der Waals surface area contributed by atoms with Crippen molar-refractivity contribution < 1.29 is 14.3 Å². The Labute approximate surface area is 149 Å². The first-order valence-corrected chi connectivity index (χ1v) is 7.17. The van der Waals surface area contributed by atoms with E-state index in [2.05, 4.69) is 10.2 Å². The highest BCUT2D eigenvalue weighted by Crippen LogP contribution is 2.23. The minimum absolute atomic E-state index is 0. The van der Waals surface area contributed by atoms with E-state index >= 15 is 0 Å². The predicted octanol–water partition coefficient (Wildman–Crippen LogP) is 0.987. The van der Waals surface area contributed by atoms with Crippen molar-refractivity contribution in [2.24, 2.45) is 5.73 Å². The Balaban J connectivity index is 0.00000242. The van der Waals surface area contributed by atoms with Crippen LogP contribution in [0.1, 0.15) is 11.6 Å². The van der Waals surface area contributed by atoms with Crippen LogP contribution < -0.4 is 15.8 Å². The molecule has 1 atom stereocenters. The number of nitrogens with one attached hydrogen (secondary N) is 1. The fourth-order valence-electron chi connectivity index (χ4n) is 2.46. The van der Waals surface area contributed by atoms with Crippen molar-refractivity contribution in [3.63, 3.8) is 0 Å². The van der Waals surface area contributed by atoms with E-state index in [1.165, 1.54) is 0 Å². The molecule has 8 heteroatoms. The zero-order chi connectivity index (χ0) is 15.1. The van der Waals surface area contributed by atoms with Crippen LogP contribution >= 0.6 is 24.8 Å². The normalized spacial score (nSPS) is 15.7. The molecule has 1 aliphatic heterocycles. The molecule has 1 aromatic carbocycles. The highest BCUT2D eigenvalue weighted by atomic mass is 35.5. The molecule has 2 rings (SSSR count). The zero-order valence-electron chi connectivity index (χ0n) is 13.2. The largest absolute Gasteiger partial charge is 0.497 e. The topological polar surface area (TPSA) is 76.8 Å². The van der Waals surface area contributed by atoms with Gasteiger partial charge >= 0.3 is 0 Å². The van der Waals surface area contributed by atoms with Gasteiger partial charge in [-0.3, -0.25) is 9.69 Å². The fraction of sp³-hybridized carbons (Fsp3) is 0.533. The molecule has 1 unspecified atom stereocenters. The number of nitrogens with two attached hydrogens (primary N) is 1. The minimum Gasteiger partial charge on any atom is -0.497 e. The standard InChI is InChI=1S/C15H23N3O3.2ClH/c1-20-13-4-2-12(3-5-13)14(11-17-15(19)10-16)18-6-8-21-9-7-18;;/h2-5,14H,6-11,16H2,1H3,(H,17,19);2*1H. The molecule has 1 heterocycles. The average molecular weight is 366 g/mol. The van der Waals surface area contributed by atoms with Gasteiger partial charge in [0.05, 0.1) is 32.9 Å². The summed E-state index contributed by atoms with van der Waals surface area (Å²) in [5, 5.41) is 2.88. The molecule has 1 fully saturated rings. The number of ether oxygens (including phenoxy) is 2. The van der Waals surface area contributed by atoms with Gasteiger partial charge in [0, 0.05) is 19.6 Å². The number of hydrogen-bond donors (Lipinski definition) is 2. The second-order valence-electron chi connectivity index (χ2n) is 4.95. The summed E-state index contributed by atoms with van der Waals surface area (Å²) in [4.78, 5) is 13.8. The molecule has 0 aromatic heterocycles. The van der Waals surface area contributed by atoms with E-state index in [-0.39, 0.29) is 43.3 Å². The van der Waals surface area contributed by atoms with Crippen molar-refractivity contribution >= 4 is 30.7 Å². The highest BCUT2D eigenvalue weighted by molar-refractivity contribution is 5.85. The molecule has 0 saturated carbocycles. The first-order chi connectivity index (χ1) is 10.2. The summed E-state index contributed by atoms with van der Waals surface area (Å²) in [5.41, 5.74) is 6.50. The molecule has 1 amide bonds. The number of hydrogen-bond acceptors (Lipinski definition) is 5. The van der Waals surface area contributed by atoms with Crippen LogP contribution in [-0.4, -0.2) is 57.3 Å². The molecule has 3 N–H and O–H groups in total. The van der Waals surface area contributed by atoms with Gasteiger partial charge in [-0.15, -0.1) is 24.8 Å². The number of morpholine rings is 1. The Morgan fingerprint density at radius 2 is 1.91 bits per heavy atom. The maximum absolute atomic E-state index is 11.4. The predicted molar refractivity (Wildman–Crippen MR) is 94.7 cm³/mol. The molecule has 0 aliphatic carbocycles. The second-order valence-corrected chi connectivity index (χ2v) is 4.95. The van der Waals surface area contributed by atoms with Crippen molar-refractivity contribution in [3.05, 3.63) is 29.8 Å². The molecule has 1 aromatic rings. The highest BCUT2D eigenvalue weighted by Gasteiger charge is 2.23. The van der Waals surface area contributed by atoms with Crippen LogP contribution in [0.15, 0.2) is 24.3 Å². The third kappa shape index (κ3) is 6.53. The minimum atomic E-state index is -0.137. The number of halogens is 2. The molecule has 0 radical (unpaired) electrons. The van der Waals surface area contributed by atoms with E-state index in [1.54, 1.807) is 7.11 Å². The Hall–Kier alpha value is -1.05. The maximum Gasteiger partial charge on any atom is 0.233 e. The number of benzene rings is 1. The Kier molecular flexibility index (Phi) is 11.0. The SMILES string of the molecule is COc1ccc(C(CNC(=O)CN)N2CCOCC2)cc1.Cl.Cl. The van der Waals surface area contributed by atoms with Crippen molar-refractivity contribution in [2.45, 2.75) is 6.04 Å². The lowest BCUT2D eigenvalue weighted by molar-refractivity contribution is -0.120. The molecule has 132 valence electrons. The Morgan fingerprint density at radius 1 is 1.30 bits per heavy atom. The smallest absolute Gasteiger partial charge is 0.233 e. The number of nitrogens with zero attached hydrogens (tertiary/aromatic N) is 1. The van der Waals surface area contributed by atoms with E-state index < -0.39 is 0 Å².